The minimum atomic E-state index is 0.490. The summed E-state index contributed by atoms with van der Waals surface area (Å²) in [5.74, 6) is 3.05. The molecule has 0 amide bonds. The second-order valence-electron chi connectivity index (χ2n) is 5.56. The van der Waals surface area contributed by atoms with E-state index < -0.39 is 0 Å². The summed E-state index contributed by atoms with van der Waals surface area (Å²) in [6, 6.07) is 0.490. The lowest BCUT2D eigenvalue weighted by atomic mass is 9.88. The smallest absolute Gasteiger partial charge is 0.0705 e. The Morgan fingerprint density at radius 3 is 2.60 bits per heavy atom. The Kier molecular flexibility index (Phi) is 3.47. The average Bonchev–Trinajstić information content (AvgIpc) is 2.77. The molecule has 0 aromatic heterocycles. The molecule has 0 aromatic carbocycles. The summed E-state index contributed by atoms with van der Waals surface area (Å²) in [7, 11) is 0. The summed E-state index contributed by atoms with van der Waals surface area (Å²) in [6.07, 6.45) is 7.52. The van der Waals surface area contributed by atoms with E-state index in [1.54, 1.807) is 0 Å². The fourth-order valence-corrected chi connectivity index (χ4v) is 2.83. The van der Waals surface area contributed by atoms with Gasteiger partial charge in [-0.25, -0.2) is 0 Å². The number of hydroxylamine groups is 1. The van der Waals surface area contributed by atoms with Crippen LogP contribution in [0.2, 0.25) is 0 Å². The first kappa shape index (κ1) is 11.2. The molecule has 86 valence electrons. The molecule has 2 bridgehead atoms. The number of hydrogen-bond donors (Lipinski definition) is 1. The van der Waals surface area contributed by atoms with Crippen molar-refractivity contribution in [2.24, 2.45) is 23.7 Å². The fraction of sp³-hybridized carbons (Fsp3) is 0.846. The van der Waals surface area contributed by atoms with Crippen LogP contribution in [-0.2, 0) is 4.84 Å². The zero-order chi connectivity index (χ0) is 10.8. The van der Waals surface area contributed by atoms with Crippen LogP contribution in [0.5, 0.6) is 0 Å². The molecule has 1 N–H and O–H groups in total. The monoisotopic (exact) mass is 209 g/mol. The molecule has 15 heavy (non-hydrogen) atoms. The van der Waals surface area contributed by atoms with Gasteiger partial charge in [-0.15, -0.1) is 0 Å². The molecule has 0 aromatic rings. The maximum atomic E-state index is 5.50. The first-order valence-corrected chi connectivity index (χ1v) is 6.22. The van der Waals surface area contributed by atoms with Gasteiger partial charge in [-0.2, -0.15) is 5.48 Å². The van der Waals surface area contributed by atoms with Gasteiger partial charge in [0, 0.05) is 6.04 Å². The standard InChI is InChI=1S/C13H23NO/c1-9(2)8-15-14-10(3)13-7-11-4-5-12(13)6-11/h4-5,9-14H,6-8H2,1-3H3. The van der Waals surface area contributed by atoms with Crippen LogP contribution in [0.1, 0.15) is 33.6 Å². The minimum absolute atomic E-state index is 0.490. The highest BCUT2D eigenvalue weighted by molar-refractivity contribution is 5.11. The van der Waals surface area contributed by atoms with Gasteiger partial charge in [0.1, 0.15) is 0 Å². The third-order valence-corrected chi connectivity index (χ3v) is 3.66. The second-order valence-corrected chi connectivity index (χ2v) is 5.56. The Hall–Kier alpha value is -0.340. The molecule has 0 aliphatic heterocycles. The van der Waals surface area contributed by atoms with E-state index in [2.05, 4.69) is 38.4 Å². The third-order valence-electron chi connectivity index (χ3n) is 3.66. The second kappa shape index (κ2) is 4.67. The molecule has 2 aliphatic carbocycles. The number of allylic oxidation sites excluding steroid dienone is 2. The lowest BCUT2D eigenvalue weighted by Crippen LogP contribution is -2.36. The van der Waals surface area contributed by atoms with Crippen LogP contribution in [0, 0.1) is 23.7 Å². The summed E-state index contributed by atoms with van der Waals surface area (Å²) in [4.78, 5) is 5.50. The van der Waals surface area contributed by atoms with Gasteiger partial charge in [-0.3, -0.25) is 0 Å². The number of fused-ring (bicyclic) bond motifs is 2. The summed E-state index contributed by atoms with van der Waals surface area (Å²) >= 11 is 0. The maximum absolute atomic E-state index is 5.50. The van der Waals surface area contributed by atoms with Gasteiger partial charge in [-0.05, 0) is 43.4 Å². The summed E-state index contributed by atoms with van der Waals surface area (Å²) in [5.41, 5.74) is 3.21. The molecule has 4 unspecified atom stereocenters. The molecule has 1 fully saturated rings. The Morgan fingerprint density at radius 1 is 1.27 bits per heavy atom. The Balaban J connectivity index is 1.72. The van der Waals surface area contributed by atoms with Gasteiger partial charge >= 0.3 is 0 Å². The highest BCUT2D eigenvalue weighted by Gasteiger charge is 2.38. The van der Waals surface area contributed by atoms with E-state index in [9.17, 15) is 0 Å². The van der Waals surface area contributed by atoms with Crippen molar-refractivity contribution in [3.63, 3.8) is 0 Å². The Morgan fingerprint density at radius 2 is 2.07 bits per heavy atom. The predicted octanol–water partition coefficient (Wildman–Crippen LogP) is 2.76. The van der Waals surface area contributed by atoms with Crippen LogP contribution in [0.3, 0.4) is 0 Å². The fourth-order valence-electron chi connectivity index (χ4n) is 2.83. The van der Waals surface area contributed by atoms with Crippen molar-refractivity contribution in [1.82, 2.24) is 5.48 Å². The minimum Gasteiger partial charge on any atom is -0.301 e. The normalized spacial score (nSPS) is 35.3. The number of hydrogen-bond acceptors (Lipinski definition) is 2. The van der Waals surface area contributed by atoms with E-state index in [1.165, 1.54) is 12.8 Å². The van der Waals surface area contributed by atoms with Crippen LogP contribution in [-0.4, -0.2) is 12.6 Å². The third kappa shape index (κ3) is 2.61. The van der Waals surface area contributed by atoms with E-state index >= 15 is 0 Å². The van der Waals surface area contributed by atoms with Crippen LogP contribution < -0.4 is 5.48 Å². The Bertz CT molecular complexity index is 237. The van der Waals surface area contributed by atoms with E-state index in [-0.39, 0.29) is 0 Å². The van der Waals surface area contributed by atoms with E-state index in [0.717, 1.165) is 24.4 Å². The van der Waals surface area contributed by atoms with Gasteiger partial charge < -0.3 is 4.84 Å². The first-order chi connectivity index (χ1) is 7.16. The molecule has 2 aliphatic rings. The maximum Gasteiger partial charge on any atom is 0.0705 e. The molecule has 0 spiro atoms. The van der Waals surface area contributed by atoms with Crippen LogP contribution in [0.4, 0.5) is 0 Å². The molecular formula is C13H23NO. The quantitative estimate of drug-likeness (QED) is 0.555. The first-order valence-electron chi connectivity index (χ1n) is 6.22. The molecule has 2 rings (SSSR count). The van der Waals surface area contributed by atoms with Crippen molar-refractivity contribution >= 4 is 0 Å². The highest BCUT2D eigenvalue weighted by Crippen LogP contribution is 2.44. The molecule has 0 radical (unpaired) electrons. The number of rotatable bonds is 5. The van der Waals surface area contributed by atoms with E-state index in [4.69, 9.17) is 4.84 Å². The average molecular weight is 209 g/mol. The molecule has 4 atom stereocenters. The zero-order valence-electron chi connectivity index (χ0n) is 10.1. The molecule has 0 saturated heterocycles. The zero-order valence-corrected chi connectivity index (χ0v) is 10.1. The van der Waals surface area contributed by atoms with Crippen molar-refractivity contribution < 1.29 is 4.84 Å². The van der Waals surface area contributed by atoms with Gasteiger partial charge in [0.25, 0.3) is 0 Å². The lowest BCUT2D eigenvalue weighted by molar-refractivity contribution is -0.0108. The summed E-state index contributed by atoms with van der Waals surface area (Å²) in [5, 5.41) is 0. The SMILES string of the molecule is CC(C)CONC(C)C1CC2C=CC1C2. The highest BCUT2D eigenvalue weighted by atomic mass is 16.6. The van der Waals surface area contributed by atoms with Crippen molar-refractivity contribution in [2.45, 2.75) is 39.7 Å². The van der Waals surface area contributed by atoms with Gasteiger partial charge in [-0.1, -0.05) is 26.0 Å². The summed E-state index contributed by atoms with van der Waals surface area (Å²) < 4.78 is 0. The van der Waals surface area contributed by atoms with E-state index in [1.807, 2.05) is 0 Å². The lowest BCUT2D eigenvalue weighted by Gasteiger charge is -2.26. The molecule has 1 saturated carbocycles. The van der Waals surface area contributed by atoms with Crippen LogP contribution in [0.15, 0.2) is 12.2 Å². The summed E-state index contributed by atoms with van der Waals surface area (Å²) in [6.45, 7) is 7.40. The van der Waals surface area contributed by atoms with Crippen molar-refractivity contribution in [2.75, 3.05) is 6.61 Å². The molecular weight excluding hydrogens is 186 g/mol. The largest absolute Gasteiger partial charge is 0.301 e. The predicted molar refractivity (Wildman–Crippen MR) is 62.2 cm³/mol. The number of nitrogens with one attached hydrogen (secondary N) is 1. The van der Waals surface area contributed by atoms with Gasteiger partial charge in [0.2, 0.25) is 0 Å². The molecule has 2 heteroatoms. The van der Waals surface area contributed by atoms with Crippen molar-refractivity contribution in [1.29, 1.82) is 0 Å². The van der Waals surface area contributed by atoms with E-state index in [0.29, 0.717) is 12.0 Å². The van der Waals surface area contributed by atoms with Gasteiger partial charge in [0.15, 0.2) is 0 Å². The molecule has 0 heterocycles. The van der Waals surface area contributed by atoms with Crippen molar-refractivity contribution in [3.8, 4) is 0 Å². The molecule has 2 nitrogen and oxygen atoms in total. The van der Waals surface area contributed by atoms with Crippen molar-refractivity contribution in [3.05, 3.63) is 12.2 Å². The van der Waals surface area contributed by atoms with Gasteiger partial charge in [0.05, 0.1) is 6.61 Å². The van der Waals surface area contributed by atoms with Crippen LogP contribution >= 0.6 is 0 Å². The Labute approximate surface area is 93.0 Å². The van der Waals surface area contributed by atoms with Crippen LogP contribution in [0.25, 0.3) is 0 Å². The topological polar surface area (TPSA) is 21.3 Å².